The average Bonchev–Trinajstić information content (AvgIpc) is 3.03. The molecule has 3 N–H and O–H groups in total. The van der Waals surface area contributed by atoms with Crippen LogP contribution in [0.15, 0.2) is 54.7 Å². The summed E-state index contributed by atoms with van der Waals surface area (Å²) in [7, 11) is 0. The normalized spacial score (nSPS) is 11.9. The topological polar surface area (TPSA) is 86.9 Å². The number of rotatable bonds is 4. The first kappa shape index (κ1) is 14.8. The summed E-state index contributed by atoms with van der Waals surface area (Å²) < 4.78 is 0. The van der Waals surface area contributed by atoms with E-state index in [1.54, 1.807) is 43.5 Å². The molecule has 23 heavy (non-hydrogen) atoms. The molecular formula is C17H16N4O2. The minimum atomic E-state index is -0.650. The average molecular weight is 308 g/mol. The van der Waals surface area contributed by atoms with Crippen LogP contribution in [-0.4, -0.2) is 28.1 Å². The summed E-state index contributed by atoms with van der Waals surface area (Å²) in [6.45, 7) is 1.65. The number of hydrogen-bond donors (Lipinski definition) is 3. The highest BCUT2D eigenvalue weighted by Gasteiger charge is 2.16. The largest absolute Gasteiger partial charge is 0.341 e. The summed E-state index contributed by atoms with van der Waals surface area (Å²) in [5.41, 5.74) is 2.07. The van der Waals surface area contributed by atoms with Crippen LogP contribution in [0.2, 0.25) is 0 Å². The maximum atomic E-state index is 12.2. The van der Waals surface area contributed by atoms with Gasteiger partial charge in [-0.05, 0) is 37.3 Å². The van der Waals surface area contributed by atoms with Crippen LogP contribution in [-0.2, 0) is 4.79 Å². The molecule has 2 amide bonds. The SMILES string of the molecule is CC(NC(=O)c1ccccc1)C(=O)Nc1ccc2[nH]ncc2c1. The Balaban J connectivity index is 1.64. The summed E-state index contributed by atoms with van der Waals surface area (Å²) in [5.74, 6) is -0.560. The molecule has 0 saturated carbocycles. The molecule has 0 saturated heterocycles. The van der Waals surface area contributed by atoms with Gasteiger partial charge in [0.05, 0.1) is 11.7 Å². The van der Waals surface area contributed by atoms with Gasteiger partial charge in [-0.2, -0.15) is 5.10 Å². The van der Waals surface area contributed by atoms with Crippen LogP contribution in [0, 0.1) is 0 Å². The molecule has 6 heteroatoms. The first-order chi connectivity index (χ1) is 11.1. The number of carbonyl (C=O) groups is 2. The molecule has 0 aliphatic heterocycles. The van der Waals surface area contributed by atoms with Crippen molar-refractivity contribution in [2.45, 2.75) is 13.0 Å². The number of nitrogens with one attached hydrogen (secondary N) is 3. The van der Waals surface area contributed by atoms with Crippen molar-refractivity contribution in [3.63, 3.8) is 0 Å². The first-order valence-corrected chi connectivity index (χ1v) is 7.23. The second-order valence-electron chi connectivity index (χ2n) is 5.22. The van der Waals surface area contributed by atoms with Gasteiger partial charge in [0.2, 0.25) is 5.91 Å². The smallest absolute Gasteiger partial charge is 0.251 e. The summed E-state index contributed by atoms with van der Waals surface area (Å²) in [6.07, 6.45) is 1.69. The molecule has 1 heterocycles. The number of amides is 2. The number of aromatic nitrogens is 2. The molecule has 3 aromatic rings. The van der Waals surface area contributed by atoms with Gasteiger partial charge in [-0.1, -0.05) is 18.2 Å². The lowest BCUT2D eigenvalue weighted by atomic mass is 10.2. The van der Waals surface area contributed by atoms with Gasteiger partial charge in [-0.3, -0.25) is 14.7 Å². The Hall–Kier alpha value is -3.15. The van der Waals surface area contributed by atoms with Gasteiger partial charge in [-0.15, -0.1) is 0 Å². The first-order valence-electron chi connectivity index (χ1n) is 7.23. The molecule has 116 valence electrons. The number of hydrogen-bond acceptors (Lipinski definition) is 3. The van der Waals surface area contributed by atoms with Crippen LogP contribution in [0.3, 0.4) is 0 Å². The third kappa shape index (κ3) is 3.37. The Labute approximate surface area is 132 Å². The molecule has 0 aliphatic carbocycles. The van der Waals surface area contributed by atoms with Crippen LogP contribution in [0.1, 0.15) is 17.3 Å². The predicted octanol–water partition coefficient (Wildman–Crippen LogP) is 2.32. The number of anilines is 1. The summed E-state index contributed by atoms with van der Waals surface area (Å²) in [4.78, 5) is 24.3. The third-order valence-electron chi connectivity index (χ3n) is 3.48. The molecule has 0 aliphatic rings. The van der Waals surface area contributed by atoms with E-state index < -0.39 is 6.04 Å². The molecule has 0 fully saturated rings. The monoisotopic (exact) mass is 308 g/mol. The molecule has 2 aromatic carbocycles. The highest BCUT2D eigenvalue weighted by atomic mass is 16.2. The number of nitrogens with zero attached hydrogens (tertiary/aromatic N) is 1. The molecule has 1 aromatic heterocycles. The lowest BCUT2D eigenvalue weighted by Gasteiger charge is -2.14. The zero-order valence-electron chi connectivity index (χ0n) is 12.5. The van der Waals surface area contributed by atoms with E-state index in [0.717, 1.165) is 10.9 Å². The third-order valence-corrected chi connectivity index (χ3v) is 3.48. The Bertz CT molecular complexity index is 842. The maximum absolute atomic E-state index is 12.2. The molecule has 0 spiro atoms. The fourth-order valence-corrected chi connectivity index (χ4v) is 2.21. The lowest BCUT2D eigenvalue weighted by molar-refractivity contribution is -0.117. The number of H-pyrrole nitrogens is 1. The van der Waals surface area contributed by atoms with E-state index in [0.29, 0.717) is 11.3 Å². The second kappa shape index (κ2) is 6.31. The minimum absolute atomic E-state index is 0.279. The standard InChI is InChI=1S/C17H16N4O2/c1-11(19-17(23)12-5-3-2-4-6-12)16(22)20-14-7-8-15-13(9-14)10-18-21-15/h2-11H,1H3,(H,18,21)(H,19,23)(H,20,22). The van der Waals surface area contributed by atoms with Crippen LogP contribution >= 0.6 is 0 Å². The molecule has 3 rings (SSSR count). The lowest BCUT2D eigenvalue weighted by Crippen LogP contribution is -2.41. The van der Waals surface area contributed by atoms with Crippen LogP contribution in [0.25, 0.3) is 10.9 Å². The van der Waals surface area contributed by atoms with Crippen molar-refractivity contribution in [3.8, 4) is 0 Å². The predicted molar refractivity (Wildman–Crippen MR) is 88.1 cm³/mol. The van der Waals surface area contributed by atoms with E-state index in [-0.39, 0.29) is 11.8 Å². The Morgan fingerprint density at radius 1 is 1.13 bits per heavy atom. The number of fused-ring (bicyclic) bond motifs is 1. The van der Waals surface area contributed by atoms with E-state index in [4.69, 9.17) is 0 Å². The highest BCUT2D eigenvalue weighted by Crippen LogP contribution is 2.16. The van der Waals surface area contributed by atoms with E-state index >= 15 is 0 Å². The van der Waals surface area contributed by atoms with Gasteiger partial charge in [-0.25, -0.2) is 0 Å². The van der Waals surface area contributed by atoms with Gasteiger partial charge in [0.15, 0.2) is 0 Å². The van der Waals surface area contributed by atoms with Gasteiger partial charge in [0.1, 0.15) is 6.04 Å². The quantitative estimate of drug-likeness (QED) is 0.691. The zero-order chi connectivity index (χ0) is 16.2. The fraction of sp³-hybridized carbons (Fsp3) is 0.118. The van der Waals surface area contributed by atoms with Crippen LogP contribution < -0.4 is 10.6 Å². The summed E-state index contributed by atoms with van der Waals surface area (Å²) in [6, 6.07) is 13.6. The van der Waals surface area contributed by atoms with Crippen molar-refractivity contribution in [1.29, 1.82) is 0 Å². The number of aromatic amines is 1. The van der Waals surface area contributed by atoms with Crippen molar-refractivity contribution < 1.29 is 9.59 Å². The second-order valence-corrected chi connectivity index (χ2v) is 5.22. The summed E-state index contributed by atoms with van der Waals surface area (Å²) >= 11 is 0. The molecular weight excluding hydrogens is 292 g/mol. The van der Waals surface area contributed by atoms with Crippen molar-refractivity contribution in [2.24, 2.45) is 0 Å². The molecule has 1 unspecified atom stereocenters. The molecule has 0 bridgehead atoms. The van der Waals surface area contributed by atoms with Crippen molar-refractivity contribution >= 4 is 28.4 Å². The van der Waals surface area contributed by atoms with Gasteiger partial charge < -0.3 is 10.6 Å². The van der Waals surface area contributed by atoms with Crippen molar-refractivity contribution in [3.05, 3.63) is 60.3 Å². The van der Waals surface area contributed by atoms with Crippen molar-refractivity contribution in [2.75, 3.05) is 5.32 Å². The van der Waals surface area contributed by atoms with E-state index in [9.17, 15) is 9.59 Å². The number of carbonyl (C=O) groups excluding carboxylic acids is 2. The van der Waals surface area contributed by atoms with Crippen molar-refractivity contribution in [1.82, 2.24) is 15.5 Å². The van der Waals surface area contributed by atoms with Gasteiger partial charge in [0, 0.05) is 16.6 Å². The van der Waals surface area contributed by atoms with E-state index in [1.807, 2.05) is 18.2 Å². The van der Waals surface area contributed by atoms with Gasteiger partial charge >= 0.3 is 0 Å². The fourth-order valence-electron chi connectivity index (χ4n) is 2.21. The minimum Gasteiger partial charge on any atom is -0.341 e. The van der Waals surface area contributed by atoms with Crippen LogP contribution in [0.4, 0.5) is 5.69 Å². The maximum Gasteiger partial charge on any atom is 0.251 e. The van der Waals surface area contributed by atoms with Gasteiger partial charge in [0.25, 0.3) is 5.91 Å². The summed E-state index contributed by atoms with van der Waals surface area (Å²) in [5, 5.41) is 13.2. The molecule has 0 radical (unpaired) electrons. The Morgan fingerprint density at radius 3 is 2.70 bits per heavy atom. The van der Waals surface area contributed by atoms with E-state index in [1.165, 1.54) is 0 Å². The molecule has 1 atom stereocenters. The van der Waals surface area contributed by atoms with E-state index in [2.05, 4.69) is 20.8 Å². The highest BCUT2D eigenvalue weighted by molar-refractivity contribution is 6.01. The Kier molecular flexibility index (Phi) is 4.05. The number of benzene rings is 2. The zero-order valence-corrected chi connectivity index (χ0v) is 12.5. The Morgan fingerprint density at radius 2 is 1.91 bits per heavy atom. The molecule has 6 nitrogen and oxygen atoms in total. The van der Waals surface area contributed by atoms with Crippen LogP contribution in [0.5, 0.6) is 0 Å².